The van der Waals surface area contributed by atoms with Crippen LogP contribution in [0.1, 0.15) is 16.7 Å². The standard InChI is InChI=1S/C15H12FN/c1-10-3-4-11(2)13(7-10)14-8-12(9-17)5-6-15(14)16/h3-8H,1-2H3. The van der Waals surface area contributed by atoms with Crippen LogP contribution in [-0.2, 0) is 0 Å². The van der Waals surface area contributed by atoms with Crippen molar-refractivity contribution in [1.82, 2.24) is 0 Å². The van der Waals surface area contributed by atoms with Gasteiger partial charge < -0.3 is 0 Å². The maximum absolute atomic E-state index is 13.8. The van der Waals surface area contributed by atoms with E-state index in [-0.39, 0.29) is 5.82 Å². The van der Waals surface area contributed by atoms with Crippen molar-refractivity contribution in [3.8, 4) is 17.2 Å². The molecule has 0 atom stereocenters. The number of nitrogens with zero attached hydrogens (tertiary/aromatic N) is 1. The van der Waals surface area contributed by atoms with Crippen LogP contribution in [-0.4, -0.2) is 0 Å². The fourth-order valence-electron chi connectivity index (χ4n) is 1.83. The number of benzene rings is 2. The zero-order valence-corrected chi connectivity index (χ0v) is 9.79. The van der Waals surface area contributed by atoms with Gasteiger partial charge in [-0.05, 0) is 43.2 Å². The average molecular weight is 225 g/mol. The van der Waals surface area contributed by atoms with E-state index < -0.39 is 0 Å². The number of aryl methyl sites for hydroxylation is 2. The summed E-state index contributed by atoms with van der Waals surface area (Å²) in [7, 11) is 0. The van der Waals surface area contributed by atoms with E-state index in [1.54, 1.807) is 6.07 Å². The van der Waals surface area contributed by atoms with Gasteiger partial charge in [0.25, 0.3) is 0 Å². The summed E-state index contributed by atoms with van der Waals surface area (Å²) >= 11 is 0. The molecule has 2 rings (SSSR count). The molecule has 2 heteroatoms. The minimum atomic E-state index is -0.294. The van der Waals surface area contributed by atoms with Gasteiger partial charge in [-0.1, -0.05) is 23.8 Å². The van der Waals surface area contributed by atoms with E-state index in [1.807, 2.05) is 38.1 Å². The van der Waals surface area contributed by atoms with Crippen molar-refractivity contribution in [1.29, 1.82) is 5.26 Å². The molecule has 0 spiro atoms. The summed E-state index contributed by atoms with van der Waals surface area (Å²) in [6.45, 7) is 3.91. The van der Waals surface area contributed by atoms with Crippen LogP contribution in [0, 0.1) is 31.0 Å². The molecule has 0 aliphatic rings. The van der Waals surface area contributed by atoms with Crippen LogP contribution in [0.15, 0.2) is 36.4 Å². The normalized spacial score (nSPS) is 10.0. The number of hydrogen-bond acceptors (Lipinski definition) is 1. The minimum absolute atomic E-state index is 0.294. The molecule has 0 fully saturated rings. The second-order valence-electron chi connectivity index (χ2n) is 4.12. The first kappa shape index (κ1) is 11.3. The predicted molar refractivity (Wildman–Crippen MR) is 66.0 cm³/mol. The monoisotopic (exact) mass is 225 g/mol. The zero-order chi connectivity index (χ0) is 12.4. The lowest BCUT2D eigenvalue weighted by Gasteiger charge is -2.08. The van der Waals surface area contributed by atoms with Crippen molar-refractivity contribution in [2.75, 3.05) is 0 Å². The van der Waals surface area contributed by atoms with Crippen molar-refractivity contribution in [3.63, 3.8) is 0 Å². The van der Waals surface area contributed by atoms with Crippen molar-refractivity contribution in [2.45, 2.75) is 13.8 Å². The third-order valence-corrected chi connectivity index (χ3v) is 2.78. The van der Waals surface area contributed by atoms with Crippen molar-refractivity contribution >= 4 is 0 Å². The average Bonchev–Trinajstić information content (AvgIpc) is 2.33. The Kier molecular flexibility index (Phi) is 2.93. The van der Waals surface area contributed by atoms with Crippen molar-refractivity contribution in [2.24, 2.45) is 0 Å². The van der Waals surface area contributed by atoms with Gasteiger partial charge in [0.05, 0.1) is 11.6 Å². The Bertz CT molecular complexity index is 609. The molecule has 84 valence electrons. The smallest absolute Gasteiger partial charge is 0.131 e. The Balaban J connectivity index is 2.68. The van der Waals surface area contributed by atoms with Crippen LogP contribution in [0.25, 0.3) is 11.1 Å². The Labute approximate surface area is 100 Å². The highest BCUT2D eigenvalue weighted by Crippen LogP contribution is 2.27. The molecule has 1 nitrogen and oxygen atoms in total. The summed E-state index contributed by atoms with van der Waals surface area (Å²) in [5.74, 6) is -0.294. The van der Waals surface area contributed by atoms with Gasteiger partial charge in [-0.25, -0.2) is 4.39 Å². The first-order chi connectivity index (χ1) is 8.11. The Morgan fingerprint density at radius 1 is 1.00 bits per heavy atom. The molecular weight excluding hydrogens is 213 g/mol. The van der Waals surface area contributed by atoms with Crippen LogP contribution in [0.5, 0.6) is 0 Å². The predicted octanol–water partition coefficient (Wildman–Crippen LogP) is 3.98. The number of halogens is 1. The lowest BCUT2D eigenvalue weighted by atomic mass is 9.97. The third kappa shape index (κ3) is 2.19. The highest BCUT2D eigenvalue weighted by molar-refractivity contribution is 5.69. The summed E-state index contributed by atoms with van der Waals surface area (Å²) in [6.07, 6.45) is 0. The molecule has 0 radical (unpaired) electrons. The van der Waals surface area contributed by atoms with Crippen LogP contribution >= 0.6 is 0 Å². The lowest BCUT2D eigenvalue weighted by molar-refractivity contribution is 0.631. The Morgan fingerprint density at radius 3 is 2.47 bits per heavy atom. The fourth-order valence-corrected chi connectivity index (χ4v) is 1.83. The Morgan fingerprint density at radius 2 is 1.76 bits per heavy atom. The molecule has 0 amide bonds. The molecule has 0 saturated carbocycles. The van der Waals surface area contributed by atoms with E-state index in [4.69, 9.17) is 5.26 Å². The second kappa shape index (κ2) is 4.39. The molecular formula is C15H12FN. The number of nitriles is 1. The van der Waals surface area contributed by atoms with Gasteiger partial charge in [-0.15, -0.1) is 0 Å². The van der Waals surface area contributed by atoms with E-state index in [9.17, 15) is 4.39 Å². The molecule has 0 bridgehead atoms. The van der Waals surface area contributed by atoms with Gasteiger partial charge in [0.2, 0.25) is 0 Å². The maximum atomic E-state index is 13.8. The van der Waals surface area contributed by atoms with E-state index >= 15 is 0 Å². The second-order valence-corrected chi connectivity index (χ2v) is 4.12. The zero-order valence-electron chi connectivity index (χ0n) is 9.79. The van der Waals surface area contributed by atoms with E-state index in [1.165, 1.54) is 12.1 Å². The highest BCUT2D eigenvalue weighted by atomic mass is 19.1. The maximum Gasteiger partial charge on any atom is 0.131 e. The summed E-state index contributed by atoms with van der Waals surface area (Å²) in [4.78, 5) is 0. The molecule has 0 unspecified atom stereocenters. The quantitative estimate of drug-likeness (QED) is 0.720. The van der Waals surface area contributed by atoms with Crippen LogP contribution < -0.4 is 0 Å². The SMILES string of the molecule is Cc1ccc(C)c(-c2cc(C#N)ccc2F)c1. The van der Waals surface area contributed by atoms with E-state index in [2.05, 4.69) is 0 Å². The largest absolute Gasteiger partial charge is 0.206 e. The third-order valence-electron chi connectivity index (χ3n) is 2.78. The van der Waals surface area contributed by atoms with Crippen LogP contribution in [0.3, 0.4) is 0 Å². The van der Waals surface area contributed by atoms with E-state index in [0.717, 1.165) is 16.7 Å². The molecule has 2 aromatic carbocycles. The molecule has 0 aromatic heterocycles. The molecule has 0 aliphatic heterocycles. The Hall–Kier alpha value is -2.14. The van der Waals surface area contributed by atoms with Gasteiger partial charge >= 0.3 is 0 Å². The fraction of sp³-hybridized carbons (Fsp3) is 0.133. The molecule has 0 heterocycles. The summed E-state index contributed by atoms with van der Waals surface area (Å²) in [6, 6.07) is 12.4. The van der Waals surface area contributed by atoms with Gasteiger partial charge in [-0.3, -0.25) is 0 Å². The molecule has 17 heavy (non-hydrogen) atoms. The molecule has 2 aromatic rings. The van der Waals surface area contributed by atoms with Crippen molar-refractivity contribution < 1.29 is 4.39 Å². The van der Waals surface area contributed by atoms with Gasteiger partial charge in [0.1, 0.15) is 5.82 Å². The van der Waals surface area contributed by atoms with E-state index in [0.29, 0.717) is 11.1 Å². The molecule has 0 saturated heterocycles. The van der Waals surface area contributed by atoms with Gasteiger partial charge in [0, 0.05) is 5.56 Å². The topological polar surface area (TPSA) is 23.8 Å². The summed E-state index contributed by atoms with van der Waals surface area (Å²) < 4.78 is 13.8. The minimum Gasteiger partial charge on any atom is -0.206 e. The lowest BCUT2D eigenvalue weighted by Crippen LogP contribution is -1.90. The number of hydrogen-bond donors (Lipinski definition) is 0. The molecule has 0 aliphatic carbocycles. The summed E-state index contributed by atoms with van der Waals surface area (Å²) in [5.41, 5.74) is 3.89. The van der Waals surface area contributed by atoms with Gasteiger partial charge in [0.15, 0.2) is 0 Å². The number of rotatable bonds is 1. The summed E-state index contributed by atoms with van der Waals surface area (Å²) in [5, 5.41) is 8.85. The van der Waals surface area contributed by atoms with Crippen LogP contribution in [0.4, 0.5) is 4.39 Å². The molecule has 0 N–H and O–H groups in total. The van der Waals surface area contributed by atoms with Crippen LogP contribution in [0.2, 0.25) is 0 Å². The van der Waals surface area contributed by atoms with Gasteiger partial charge in [-0.2, -0.15) is 5.26 Å². The van der Waals surface area contributed by atoms with Crippen molar-refractivity contribution in [3.05, 3.63) is 58.9 Å². The highest BCUT2D eigenvalue weighted by Gasteiger charge is 2.09. The first-order valence-corrected chi connectivity index (χ1v) is 5.39. The first-order valence-electron chi connectivity index (χ1n) is 5.39.